The van der Waals surface area contributed by atoms with Crippen LogP contribution in [0.1, 0.15) is 93.4 Å². The smallest absolute Gasteiger partial charge is 0.244 e. The molecule has 9 heteroatoms. The molecule has 4 rings (SSSR count). The molecule has 7 nitrogen and oxygen atoms in total. The third-order valence-corrected chi connectivity index (χ3v) is 9.56. The van der Waals surface area contributed by atoms with E-state index in [1.54, 1.807) is 23.1 Å². The summed E-state index contributed by atoms with van der Waals surface area (Å²) < 4.78 is 8.36. The average molecular weight is 599 g/mol. The molecule has 0 N–H and O–H groups in total. The van der Waals surface area contributed by atoms with Crippen LogP contribution in [0.3, 0.4) is 0 Å². The Labute approximate surface area is 253 Å². The lowest BCUT2D eigenvalue weighted by atomic mass is 9.78. The lowest BCUT2D eigenvalue weighted by Gasteiger charge is -2.31. The zero-order chi connectivity index (χ0) is 30.3. The summed E-state index contributed by atoms with van der Waals surface area (Å²) >= 11 is 8.41. The molecule has 0 saturated carbocycles. The molecule has 0 unspecified atom stereocenters. The lowest BCUT2D eigenvalue weighted by molar-refractivity contribution is -0.133. The average Bonchev–Trinajstić information content (AvgIpc) is 3.42. The van der Waals surface area contributed by atoms with Gasteiger partial charge in [-0.15, -0.1) is 11.3 Å². The normalized spacial score (nSPS) is 14.9. The standard InChI is InChI=1S/C32H43ClN4O3S/c1-19-20(2)37(35-25(19)12-15-38)18-26(39)36-13-10-21(11-14-36)30-34-27(29(33)41-30)22-16-23(31(3,4)5)28(40-9)24(17-22)32(6,7)8/h15-17,21H,10-14,18H2,1-9H3. The van der Waals surface area contributed by atoms with E-state index in [1.807, 2.05) is 18.7 Å². The molecular formula is C32H43ClN4O3S. The van der Waals surface area contributed by atoms with E-state index in [9.17, 15) is 9.59 Å². The second-order valence-corrected chi connectivity index (χ2v) is 14.8. The maximum atomic E-state index is 13.1. The van der Waals surface area contributed by atoms with Crippen LogP contribution in [0.2, 0.25) is 4.34 Å². The van der Waals surface area contributed by atoms with E-state index in [-0.39, 0.29) is 35.6 Å². The molecule has 1 fully saturated rings. The molecule has 0 radical (unpaired) electrons. The zero-order valence-corrected chi connectivity index (χ0v) is 27.4. The van der Waals surface area contributed by atoms with E-state index in [4.69, 9.17) is 21.3 Å². The third-order valence-electron chi connectivity index (χ3n) is 8.15. The molecule has 1 amide bonds. The van der Waals surface area contributed by atoms with Crippen molar-refractivity contribution in [3.63, 3.8) is 0 Å². The molecule has 2 aromatic heterocycles. The lowest BCUT2D eigenvalue weighted by Crippen LogP contribution is -2.40. The van der Waals surface area contributed by atoms with Gasteiger partial charge < -0.3 is 14.4 Å². The number of amides is 1. The Bertz CT molecular complexity index is 1400. The molecule has 1 aromatic carbocycles. The van der Waals surface area contributed by atoms with Gasteiger partial charge in [0, 0.05) is 47.8 Å². The van der Waals surface area contributed by atoms with Gasteiger partial charge in [0.1, 0.15) is 28.6 Å². The minimum atomic E-state index is -0.116. The van der Waals surface area contributed by atoms with Gasteiger partial charge in [0.05, 0.1) is 17.8 Å². The number of thiazole rings is 1. The van der Waals surface area contributed by atoms with Gasteiger partial charge in [0.2, 0.25) is 5.91 Å². The Balaban J connectivity index is 1.53. The third kappa shape index (κ3) is 6.54. The van der Waals surface area contributed by atoms with Crippen LogP contribution < -0.4 is 4.74 Å². The van der Waals surface area contributed by atoms with Gasteiger partial charge >= 0.3 is 0 Å². The molecule has 3 aromatic rings. The number of methoxy groups -OCH3 is 1. The molecule has 1 aliphatic heterocycles. The number of rotatable bonds is 7. The second kappa shape index (κ2) is 11.9. The number of halogens is 1. The highest BCUT2D eigenvalue weighted by molar-refractivity contribution is 7.16. The summed E-state index contributed by atoms with van der Waals surface area (Å²) in [5.41, 5.74) is 6.52. The van der Waals surface area contributed by atoms with E-state index in [0.717, 1.165) is 69.2 Å². The fourth-order valence-corrected chi connectivity index (χ4v) is 6.87. The summed E-state index contributed by atoms with van der Waals surface area (Å²) in [5.74, 6) is 1.23. The van der Waals surface area contributed by atoms with Crippen LogP contribution in [-0.4, -0.2) is 52.1 Å². The summed E-state index contributed by atoms with van der Waals surface area (Å²) in [7, 11) is 1.74. The Morgan fingerprint density at radius 2 is 1.68 bits per heavy atom. The molecule has 3 heterocycles. The van der Waals surface area contributed by atoms with Crippen molar-refractivity contribution < 1.29 is 14.3 Å². The second-order valence-electron chi connectivity index (χ2n) is 13.1. The van der Waals surface area contributed by atoms with Crippen molar-refractivity contribution >= 4 is 35.1 Å². The van der Waals surface area contributed by atoms with Crippen molar-refractivity contribution in [3.8, 4) is 17.0 Å². The number of carbonyl (C=O) groups excluding carboxylic acids is 2. The monoisotopic (exact) mass is 598 g/mol. The molecule has 0 atom stereocenters. The Kier molecular flexibility index (Phi) is 9.05. The fraction of sp³-hybridized carbons (Fsp3) is 0.562. The molecule has 1 saturated heterocycles. The van der Waals surface area contributed by atoms with Crippen LogP contribution in [0.15, 0.2) is 12.1 Å². The van der Waals surface area contributed by atoms with E-state index in [2.05, 4.69) is 58.8 Å². The highest BCUT2D eigenvalue weighted by Gasteiger charge is 2.31. The Morgan fingerprint density at radius 1 is 1.10 bits per heavy atom. The number of nitrogens with zero attached hydrogens (tertiary/aromatic N) is 4. The number of benzene rings is 1. The van der Waals surface area contributed by atoms with Gasteiger partial charge in [0.25, 0.3) is 0 Å². The largest absolute Gasteiger partial charge is 0.496 e. The summed E-state index contributed by atoms with van der Waals surface area (Å²) in [6.45, 7) is 18.6. The number of carbonyl (C=O) groups is 2. The number of hydrogen-bond acceptors (Lipinski definition) is 6. The first-order valence-corrected chi connectivity index (χ1v) is 15.5. The molecule has 0 aliphatic carbocycles. The Morgan fingerprint density at radius 3 is 2.20 bits per heavy atom. The minimum absolute atomic E-state index is 0.0483. The molecule has 1 aliphatic rings. The van der Waals surface area contributed by atoms with Gasteiger partial charge in [-0.3, -0.25) is 9.48 Å². The first kappa shape index (κ1) is 31.2. The zero-order valence-electron chi connectivity index (χ0n) is 25.9. The first-order valence-electron chi connectivity index (χ1n) is 14.3. The SMILES string of the molecule is COc1c(C(C)(C)C)cc(-c2nc(C3CCN(C(=O)Cn4nc(CC=O)c(C)c4C)CC3)sc2Cl)cc1C(C)(C)C. The summed E-state index contributed by atoms with van der Waals surface area (Å²) in [6.07, 6.45) is 2.80. The highest BCUT2D eigenvalue weighted by Crippen LogP contribution is 2.45. The van der Waals surface area contributed by atoms with Crippen LogP contribution in [0.25, 0.3) is 11.3 Å². The van der Waals surface area contributed by atoms with Crippen molar-refractivity contribution in [1.29, 1.82) is 0 Å². The van der Waals surface area contributed by atoms with Crippen molar-refractivity contribution in [3.05, 3.63) is 49.6 Å². The molecule has 0 bridgehead atoms. The number of piperidine rings is 1. The van der Waals surface area contributed by atoms with Crippen molar-refractivity contribution in [2.24, 2.45) is 0 Å². The van der Waals surface area contributed by atoms with Crippen LogP contribution in [0, 0.1) is 13.8 Å². The van der Waals surface area contributed by atoms with Crippen molar-refractivity contribution in [2.75, 3.05) is 20.2 Å². The van der Waals surface area contributed by atoms with E-state index >= 15 is 0 Å². The number of hydrogen-bond donors (Lipinski definition) is 0. The van der Waals surface area contributed by atoms with E-state index in [0.29, 0.717) is 17.4 Å². The van der Waals surface area contributed by atoms with Crippen LogP contribution >= 0.6 is 22.9 Å². The summed E-state index contributed by atoms with van der Waals surface area (Å²) in [6, 6.07) is 4.36. The number of aromatic nitrogens is 3. The van der Waals surface area contributed by atoms with Crippen LogP contribution in [-0.2, 0) is 33.4 Å². The number of likely N-dealkylation sites (tertiary alicyclic amines) is 1. The molecule has 41 heavy (non-hydrogen) atoms. The predicted octanol–water partition coefficient (Wildman–Crippen LogP) is 7.03. The predicted molar refractivity (Wildman–Crippen MR) is 167 cm³/mol. The Hall–Kier alpha value is -2.71. The molecule has 0 spiro atoms. The van der Waals surface area contributed by atoms with Gasteiger partial charge in [-0.2, -0.15) is 5.10 Å². The summed E-state index contributed by atoms with van der Waals surface area (Å²) in [4.78, 5) is 31.1. The minimum Gasteiger partial charge on any atom is -0.496 e. The summed E-state index contributed by atoms with van der Waals surface area (Å²) in [5, 5.41) is 5.53. The molecule has 222 valence electrons. The maximum Gasteiger partial charge on any atom is 0.244 e. The first-order chi connectivity index (χ1) is 19.1. The number of aldehydes is 1. The van der Waals surface area contributed by atoms with Crippen LogP contribution in [0.4, 0.5) is 0 Å². The number of ether oxygens (including phenoxy) is 1. The topological polar surface area (TPSA) is 77.3 Å². The van der Waals surface area contributed by atoms with Gasteiger partial charge in [-0.25, -0.2) is 4.98 Å². The molecular weight excluding hydrogens is 556 g/mol. The van der Waals surface area contributed by atoms with Crippen LogP contribution in [0.5, 0.6) is 5.75 Å². The van der Waals surface area contributed by atoms with Gasteiger partial charge in [0.15, 0.2) is 0 Å². The fourth-order valence-electron chi connectivity index (χ4n) is 5.50. The van der Waals surface area contributed by atoms with E-state index in [1.165, 1.54) is 0 Å². The van der Waals surface area contributed by atoms with Gasteiger partial charge in [-0.05, 0) is 55.2 Å². The van der Waals surface area contributed by atoms with Gasteiger partial charge in [-0.1, -0.05) is 53.1 Å². The van der Waals surface area contributed by atoms with Crippen molar-refractivity contribution in [2.45, 2.75) is 97.9 Å². The highest BCUT2D eigenvalue weighted by atomic mass is 35.5. The van der Waals surface area contributed by atoms with Crippen molar-refractivity contribution in [1.82, 2.24) is 19.7 Å². The maximum absolute atomic E-state index is 13.1. The van der Waals surface area contributed by atoms with E-state index < -0.39 is 0 Å². The quantitative estimate of drug-likeness (QED) is 0.273.